The normalized spacial score (nSPS) is 15.1. The molecule has 1 heterocycles. The summed E-state index contributed by atoms with van der Waals surface area (Å²) in [4.78, 5) is 3.74. The fourth-order valence-electron chi connectivity index (χ4n) is 1.52. The second-order valence-corrected chi connectivity index (χ2v) is 3.53. The maximum absolute atomic E-state index is 13.4. The molecular formula is C11H17FN2. The number of aromatic nitrogens is 1. The quantitative estimate of drug-likeness (QED) is 0.799. The highest BCUT2D eigenvalue weighted by molar-refractivity contribution is 5.18. The van der Waals surface area contributed by atoms with Gasteiger partial charge in [0.1, 0.15) is 5.82 Å². The Morgan fingerprint density at radius 2 is 2.21 bits per heavy atom. The fourth-order valence-corrected chi connectivity index (χ4v) is 1.52. The lowest BCUT2D eigenvalue weighted by Crippen LogP contribution is -2.31. The van der Waals surface area contributed by atoms with E-state index in [2.05, 4.69) is 17.2 Å². The molecule has 0 aliphatic rings. The van der Waals surface area contributed by atoms with E-state index in [1.54, 1.807) is 12.3 Å². The number of halogens is 1. The Hall–Kier alpha value is -0.960. The fraction of sp³-hybridized carbons (Fsp3) is 0.545. The average Bonchev–Trinajstić information content (AvgIpc) is 2.18. The minimum Gasteiger partial charge on any atom is -0.314 e. The Labute approximate surface area is 84.6 Å². The minimum atomic E-state index is -0.218. The third-order valence-corrected chi connectivity index (χ3v) is 2.57. The highest BCUT2D eigenvalue weighted by atomic mass is 19.1. The Bertz CT molecular complexity index is 288. The van der Waals surface area contributed by atoms with Gasteiger partial charge in [-0.25, -0.2) is 4.39 Å². The lowest BCUT2D eigenvalue weighted by atomic mass is 9.95. The predicted molar refractivity (Wildman–Crippen MR) is 55.7 cm³/mol. The Morgan fingerprint density at radius 1 is 1.50 bits per heavy atom. The van der Waals surface area contributed by atoms with Crippen LogP contribution in [-0.2, 0) is 0 Å². The first-order chi connectivity index (χ1) is 6.66. The second kappa shape index (κ2) is 5.05. The predicted octanol–water partition coefficient (Wildman–Crippen LogP) is 2.32. The van der Waals surface area contributed by atoms with E-state index in [0.717, 1.165) is 12.1 Å². The van der Waals surface area contributed by atoms with Crippen molar-refractivity contribution in [1.29, 1.82) is 0 Å². The molecule has 0 saturated heterocycles. The Balaban J connectivity index is 2.78. The molecule has 0 saturated carbocycles. The molecule has 1 aromatic rings. The number of nitrogens with zero attached hydrogens (tertiary/aromatic N) is 1. The third-order valence-electron chi connectivity index (χ3n) is 2.57. The molecule has 3 heteroatoms. The summed E-state index contributed by atoms with van der Waals surface area (Å²) >= 11 is 0. The van der Waals surface area contributed by atoms with E-state index in [1.807, 2.05) is 13.8 Å². The molecule has 78 valence electrons. The van der Waals surface area contributed by atoms with Gasteiger partial charge in [-0.15, -0.1) is 0 Å². The molecule has 14 heavy (non-hydrogen) atoms. The van der Waals surface area contributed by atoms with E-state index < -0.39 is 0 Å². The van der Waals surface area contributed by atoms with Gasteiger partial charge in [-0.3, -0.25) is 4.98 Å². The van der Waals surface area contributed by atoms with Gasteiger partial charge < -0.3 is 5.32 Å². The number of nitrogens with one attached hydrogen (secondary N) is 1. The van der Waals surface area contributed by atoms with Crippen LogP contribution in [-0.4, -0.2) is 17.6 Å². The van der Waals surface area contributed by atoms with E-state index in [9.17, 15) is 4.39 Å². The summed E-state index contributed by atoms with van der Waals surface area (Å²) in [5.41, 5.74) is 0.730. The number of hydrogen-bond acceptors (Lipinski definition) is 2. The topological polar surface area (TPSA) is 24.9 Å². The van der Waals surface area contributed by atoms with E-state index in [4.69, 9.17) is 0 Å². The minimum absolute atomic E-state index is 0.165. The van der Waals surface area contributed by atoms with Crippen LogP contribution in [0.15, 0.2) is 18.5 Å². The summed E-state index contributed by atoms with van der Waals surface area (Å²) in [7, 11) is 0. The van der Waals surface area contributed by atoms with Gasteiger partial charge in [-0.2, -0.15) is 0 Å². The molecule has 2 atom stereocenters. The van der Waals surface area contributed by atoms with Crippen LogP contribution in [0.5, 0.6) is 0 Å². The monoisotopic (exact) mass is 196 g/mol. The van der Waals surface area contributed by atoms with Crippen LogP contribution in [0.1, 0.15) is 32.3 Å². The van der Waals surface area contributed by atoms with Crippen LogP contribution in [0.3, 0.4) is 0 Å². The van der Waals surface area contributed by atoms with Gasteiger partial charge in [0, 0.05) is 12.2 Å². The van der Waals surface area contributed by atoms with Gasteiger partial charge in [0.2, 0.25) is 0 Å². The van der Waals surface area contributed by atoms with Crippen molar-refractivity contribution in [3.8, 4) is 0 Å². The largest absolute Gasteiger partial charge is 0.314 e. The molecule has 1 aromatic heterocycles. The molecule has 0 aromatic carbocycles. The zero-order chi connectivity index (χ0) is 10.6. The van der Waals surface area contributed by atoms with Gasteiger partial charge in [-0.1, -0.05) is 13.8 Å². The first-order valence-corrected chi connectivity index (χ1v) is 4.99. The standard InChI is InChI=1S/C11H17FN2/c1-4-14-9(3)8(2)10-5-6-13-7-11(10)12/h5-9,14H,4H2,1-3H3. The van der Waals surface area contributed by atoms with Crippen molar-refractivity contribution >= 4 is 0 Å². The molecule has 0 spiro atoms. The first kappa shape index (κ1) is 11.1. The molecule has 0 radical (unpaired) electrons. The molecule has 0 aliphatic carbocycles. The summed E-state index contributed by atoms with van der Waals surface area (Å²) in [5, 5.41) is 3.28. The maximum Gasteiger partial charge on any atom is 0.144 e. The lowest BCUT2D eigenvalue weighted by molar-refractivity contribution is 0.474. The Morgan fingerprint density at radius 3 is 2.79 bits per heavy atom. The average molecular weight is 196 g/mol. The van der Waals surface area contributed by atoms with Crippen LogP contribution < -0.4 is 5.32 Å². The first-order valence-electron chi connectivity index (χ1n) is 4.99. The smallest absolute Gasteiger partial charge is 0.144 e. The molecular weight excluding hydrogens is 179 g/mol. The summed E-state index contributed by atoms with van der Waals surface area (Å²) < 4.78 is 13.4. The Kier molecular flexibility index (Phi) is 4.01. The van der Waals surface area contributed by atoms with Crippen LogP contribution in [0.2, 0.25) is 0 Å². The summed E-state index contributed by atoms with van der Waals surface area (Å²) in [5.74, 6) is -0.0531. The van der Waals surface area contributed by atoms with Crippen molar-refractivity contribution in [2.75, 3.05) is 6.54 Å². The number of likely N-dealkylation sites (N-methyl/N-ethyl adjacent to an activating group) is 1. The van der Waals surface area contributed by atoms with Crippen molar-refractivity contribution in [3.63, 3.8) is 0 Å². The molecule has 2 unspecified atom stereocenters. The van der Waals surface area contributed by atoms with E-state index in [0.29, 0.717) is 0 Å². The van der Waals surface area contributed by atoms with Crippen LogP contribution in [0.4, 0.5) is 4.39 Å². The van der Waals surface area contributed by atoms with Crippen LogP contribution >= 0.6 is 0 Å². The molecule has 0 fully saturated rings. The maximum atomic E-state index is 13.4. The molecule has 1 rings (SSSR count). The van der Waals surface area contributed by atoms with Gasteiger partial charge >= 0.3 is 0 Å². The highest BCUT2D eigenvalue weighted by Gasteiger charge is 2.16. The molecule has 0 bridgehead atoms. The summed E-state index contributed by atoms with van der Waals surface area (Å²) in [6.07, 6.45) is 2.90. The number of pyridine rings is 1. The SMILES string of the molecule is CCNC(C)C(C)c1ccncc1F. The van der Waals surface area contributed by atoms with Crippen LogP contribution in [0, 0.1) is 5.82 Å². The zero-order valence-electron chi connectivity index (χ0n) is 8.92. The third kappa shape index (κ3) is 2.51. The van der Waals surface area contributed by atoms with Gasteiger partial charge in [0.15, 0.2) is 0 Å². The van der Waals surface area contributed by atoms with E-state index in [-0.39, 0.29) is 17.8 Å². The molecule has 1 N–H and O–H groups in total. The second-order valence-electron chi connectivity index (χ2n) is 3.53. The molecule has 0 aliphatic heterocycles. The van der Waals surface area contributed by atoms with E-state index in [1.165, 1.54) is 6.20 Å². The van der Waals surface area contributed by atoms with Crippen molar-refractivity contribution in [3.05, 3.63) is 29.8 Å². The zero-order valence-corrected chi connectivity index (χ0v) is 8.92. The molecule has 0 amide bonds. The van der Waals surface area contributed by atoms with Crippen molar-refractivity contribution < 1.29 is 4.39 Å². The van der Waals surface area contributed by atoms with Crippen LogP contribution in [0.25, 0.3) is 0 Å². The highest BCUT2D eigenvalue weighted by Crippen LogP contribution is 2.20. The number of rotatable bonds is 4. The number of hydrogen-bond donors (Lipinski definition) is 1. The van der Waals surface area contributed by atoms with Crippen molar-refractivity contribution in [2.24, 2.45) is 0 Å². The van der Waals surface area contributed by atoms with Gasteiger partial charge in [-0.05, 0) is 31.0 Å². The lowest BCUT2D eigenvalue weighted by Gasteiger charge is -2.21. The van der Waals surface area contributed by atoms with Crippen molar-refractivity contribution in [1.82, 2.24) is 10.3 Å². The summed E-state index contributed by atoms with van der Waals surface area (Å²) in [6.45, 7) is 7.03. The van der Waals surface area contributed by atoms with Gasteiger partial charge in [0.25, 0.3) is 0 Å². The van der Waals surface area contributed by atoms with Gasteiger partial charge in [0.05, 0.1) is 6.20 Å². The van der Waals surface area contributed by atoms with Crippen molar-refractivity contribution in [2.45, 2.75) is 32.7 Å². The summed E-state index contributed by atoms with van der Waals surface area (Å²) in [6, 6.07) is 2.02. The molecule has 2 nitrogen and oxygen atoms in total. The van der Waals surface area contributed by atoms with E-state index >= 15 is 0 Å².